The van der Waals surface area contributed by atoms with Gasteiger partial charge in [0.1, 0.15) is 5.82 Å². The van der Waals surface area contributed by atoms with E-state index in [1.54, 1.807) is 6.07 Å². The van der Waals surface area contributed by atoms with E-state index in [0.717, 1.165) is 18.5 Å². The number of pyridine rings is 1. The van der Waals surface area contributed by atoms with E-state index in [1.165, 1.54) is 12.3 Å². The van der Waals surface area contributed by atoms with E-state index >= 15 is 0 Å². The first-order chi connectivity index (χ1) is 5.77. The van der Waals surface area contributed by atoms with Gasteiger partial charge >= 0.3 is 0 Å². The van der Waals surface area contributed by atoms with Gasteiger partial charge in [-0.3, -0.25) is 10.8 Å². The highest BCUT2D eigenvalue weighted by atomic mass is 19.1. The Morgan fingerprint density at radius 1 is 1.50 bits per heavy atom. The van der Waals surface area contributed by atoms with Crippen LogP contribution in [0.1, 0.15) is 18.5 Å². The predicted molar refractivity (Wildman–Crippen MR) is 42.4 cm³/mol. The molecule has 1 aromatic heterocycles. The van der Waals surface area contributed by atoms with Gasteiger partial charge in [0, 0.05) is 0 Å². The van der Waals surface area contributed by atoms with E-state index in [2.05, 4.69) is 10.4 Å². The summed E-state index contributed by atoms with van der Waals surface area (Å²) in [6.07, 6.45) is 3.16. The maximum atomic E-state index is 12.5. The van der Waals surface area contributed by atoms with Crippen molar-refractivity contribution in [2.75, 3.05) is 0 Å². The van der Waals surface area contributed by atoms with Crippen LogP contribution in [-0.2, 0) is 5.54 Å². The monoisotopic (exact) mass is 167 g/mol. The first-order valence-corrected chi connectivity index (χ1v) is 3.87. The number of hydrazine groups is 1. The summed E-state index contributed by atoms with van der Waals surface area (Å²) in [5.74, 6) is 5.04. The molecule has 12 heavy (non-hydrogen) atoms. The summed E-state index contributed by atoms with van der Waals surface area (Å²) in [6.45, 7) is 0. The molecule has 0 atom stereocenters. The fourth-order valence-corrected chi connectivity index (χ4v) is 1.26. The van der Waals surface area contributed by atoms with Crippen LogP contribution in [0.2, 0.25) is 0 Å². The molecule has 1 aliphatic carbocycles. The molecule has 1 aliphatic rings. The minimum Gasteiger partial charge on any atom is -0.271 e. The molecule has 1 aromatic rings. The molecule has 0 spiro atoms. The molecule has 2 rings (SSSR count). The molecule has 0 unspecified atom stereocenters. The number of nitrogens with zero attached hydrogens (tertiary/aromatic N) is 1. The molecule has 0 aliphatic heterocycles. The zero-order valence-corrected chi connectivity index (χ0v) is 6.55. The van der Waals surface area contributed by atoms with E-state index in [4.69, 9.17) is 5.84 Å². The SMILES string of the molecule is NNC1(c2ccc(F)cn2)CC1. The lowest BCUT2D eigenvalue weighted by Crippen LogP contribution is -2.35. The molecule has 1 fully saturated rings. The lowest BCUT2D eigenvalue weighted by molar-refractivity contribution is 0.521. The highest BCUT2D eigenvalue weighted by Gasteiger charge is 2.44. The fourth-order valence-electron chi connectivity index (χ4n) is 1.26. The quantitative estimate of drug-likeness (QED) is 0.503. The highest BCUT2D eigenvalue weighted by molar-refractivity contribution is 5.22. The molecule has 0 bridgehead atoms. The lowest BCUT2D eigenvalue weighted by Gasteiger charge is -2.11. The third kappa shape index (κ3) is 1.09. The summed E-state index contributed by atoms with van der Waals surface area (Å²) in [7, 11) is 0. The number of hydrogen-bond acceptors (Lipinski definition) is 3. The minimum atomic E-state index is -0.313. The van der Waals surface area contributed by atoms with Crippen molar-refractivity contribution in [1.82, 2.24) is 10.4 Å². The van der Waals surface area contributed by atoms with Crippen LogP contribution in [0.4, 0.5) is 4.39 Å². The van der Waals surface area contributed by atoms with E-state index < -0.39 is 0 Å². The van der Waals surface area contributed by atoms with Gasteiger partial charge in [-0.25, -0.2) is 9.82 Å². The molecule has 0 amide bonds. The predicted octanol–water partition coefficient (Wildman–Crippen LogP) is 0.673. The van der Waals surface area contributed by atoms with Crippen molar-refractivity contribution in [2.45, 2.75) is 18.4 Å². The second kappa shape index (κ2) is 2.50. The Balaban J connectivity index is 2.29. The Labute approximate surface area is 69.8 Å². The summed E-state index contributed by atoms with van der Waals surface area (Å²) >= 11 is 0. The molecule has 4 heteroatoms. The van der Waals surface area contributed by atoms with Crippen LogP contribution in [0.3, 0.4) is 0 Å². The van der Waals surface area contributed by atoms with Crippen LogP contribution in [0, 0.1) is 5.82 Å². The van der Waals surface area contributed by atoms with Gasteiger partial charge in [-0.1, -0.05) is 0 Å². The van der Waals surface area contributed by atoms with Crippen molar-refractivity contribution in [1.29, 1.82) is 0 Å². The third-order valence-corrected chi connectivity index (χ3v) is 2.24. The maximum Gasteiger partial charge on any atom is 0.141 e. The molecule has 64 valence electrons. The number of hydrogen-bond donors (Lipinski definition) is 2. The van der Waals surface area contributed by atoms with Gasteiger partial charge in [0.2, 0.25) is 0 Å². The number of halogens is 1. The average Bonchev–Trinajstić information content (AvgIpc) is 2.86. The van der Waals surface area contributed by atoms with Crippen molar-refractivity contribution < 1.29 is 4.39 Å². The molecule has 0 radical (unpaired) electrons. The Bertz CT molecular complexity index is 279. The van der Waals surface area contributed by atoms with Gasteiger partial charge in [-0.05, 0) is 25.0 Å². The molecule has 3 N–H and O–H groups in total. The van der Waals surface area contributed by atoms with Gasteiger partial charge in [-0.15, -0.1) is 0 Å². The molecular formula is C8H10FN3. The zero-order chi connectivity index (χ0) is 8.60. The van der Waals surface area contributed by atoms with Gasteiger partial charge < -0.3 is 0 Å². The molecular weight excluding hydrogens is 157 g/mol. The van der Waals surface area contributed by atoms with Crippen LogP contribution >= 0.6 is 0 Å². The second-order valence-corrected chi connectivity index (χ2v) is 3.09. The van der Waals surface area contributed by atoms with E-state index in [1.807, 2.05) is 0 Å². The molecule has 0 saturated heterocycles. The number of nitrogens with two attached hydrogens (primary N) is 1. The zero-order valence-electron chi connectivity index (χ0n) is 6.55. The number of aromatic nitrogens is 1. The van der Waals surface area contributed by atoms with Crippen molar-refractivity contribution in [3.8, 4) is 0 Å². The van der Waals surface area contributed by atoms with Crippen molar-refractivity contribution in [3.05, 3.63) is 29.8 Å². The highest BCUT2D eigenvalue weighted by Crippen LogP contribution is 2.43. The molecule has 3 nitrogen and oxygen atoms in total. The minimum absolute atomic E-state index is 0.173. The Morgan fingerprint density at radius 3 is 2.67 bits per heavy atom. The molecule has 1 heterocycles. The maximum absolute atomic E-state index is 12.5. The standard InChI is InChI=1S/C8H10FN3/c9-6-1-2-7(11-5-6)8(12-10)3-4-8/h1-2,5,12H,3-4,10H2. The number of nitrogens with one attached hydrogen (secondary N) is 1. The topological polar surface area (TPSA) is 50.9 Å². The van der Waals surface area contributed by atoms with Crippen molar-refractivity contribution in [2.24, 2.45) is 5.84 Å². The van der Waals surface area contributed by atoms with Crippen LogP contribution in [0.15, 0.2) is 18.3 Å². The van der Waals surface area contributed by atoms with E-state index in [9.17, 15) is 4.39 Å². The van der Waals surface area contributed by atoms with Gasteiger partial charge in [0.15, 0.2) is 0 Å². The normalized spacial score (nSPS) is 19.2. The molecule has 0 aromatic carbocycles. The Morgan fingerprint density at radius 2 is 2.25 bits per heavy atom. The van der Waals surface area contributed by atoms with Crippen LogP contribution in [-0.4, -0.2) is 4.98 Å². The smallest absolute Gasteiger partial charge is 0.141 e. The average molecular weight is 167 g/mol. The van der Waals surface area contributed by atoms with Gasteiger partial charge in [-0.2, -0.15) is 0 Å². The largest absolute Gasteiger partial charge is 0.271 e. The third-order valence-electron chi connectivity index (χ3n) is 2.24. The van der Waals surface area contributed by atoms with Crippen molar-refractivity contribution >= 4 is 0 Å². The Hall–Kier alpha value is -1.00. The first-order valence-electron chi connectivity index (χ1n) is 3.87. The second-order valence-electron chi connectivity index (χ2n) is 3.09. The lowest BCUT2D eigenvalue weighted by atomic mass is 10.2. The first kappa shape index (κ1) is 7.64. The van der Waals surface area contributed by atoms with Crippen molar-refractivity contribution in [3.63, 3.8) is 0 Å². The summed E-state index contributed by atoms with van der Waals surface area (Å²) in [4.78, 5) is 3.97. The van der Waals surface area contributed by atoms with Gasteiger partial charge in [0.25, 0.3) is 0 Å². The summed E-state index contributed by atoms with van der Waals surface area (Å²) in [5, 5.41) is 0. The van der Waals surface area contributed by atoms with E-state index in [0.29, 0.717) is 0 Å². The summed E-state index contributed by atoms with van der Waals surface area (Å²) in [6, 6.07) is 3.07. The number of rotatable bonds is 2. The van der Waals surface area contributed by atoms with Crippen LogP contribution in [0.5, 0.6) is 0 Å². The van der Waals surface area contributed by atoms with Crippen LogP contribution < -0.4 is 11.3 Å². The van der Waals surface area contributed by atoms with E-state index in [-0.39, 0.29) is 11.4 Å². The Kier molecular flexibility index (Phi) is 1.59. The molecule has 1 saturated carbocycles. The fraction of sp³-hybridized carbons (Fsp3) is 0.375. The van der Waals surface area contributed by atoms with Crippen LogP contribution in [0.25, 0.3) is 0 Å². The summed E-state index contributed by atoms with van der Waals surface area (Å²) < 4.78 is 12.5. The summed E-state index contributed by atoms with van der Waals surface area (Å²) in [5.41, 5.74) is 3.36. The van der Waals surface area contributed by atoms with Gasteiger partial charge in [0.05, 0.1) is 17.4 Å².